The molecule has 0 fully saturated rings. The first kappa shape index (κ1) is 11.1. The molecule has 0 saturated heterocycles. The zero-order valence-corrected chi connectivity index (χ0v) is 8.19. The van der Waals surface area contributed by atoms with Crippen LogP contribution >= 0.6 is 11.6 Å². The topological polar surface area (TPSA) is 84.0 Å². The van der Waals surface area contributed by atoms with Crippen molar-refractivity contribution in [1.29, 1.82) is 5.26 Å². The third-order valence-electron chi connectivity index (χ3n) is 1.70. The van der Waals surface area contributed by atoms with Gasteiger partial charge in [0.1, 0.15) is 5.02 Å². The SMILES string of the molecule is N#CCC(=O)c1ccc(Cl)c([N+](=O)[O-])c1. The molecule has 0 N–H and O–H groups in total. The quantitative estimate of drug-likeness (QED) is 0.448. The molecule has 1 aromatic carbocycles. The zero-order valence-electron chi connectivity index (χ0n) is 7.44. The van der Waals surface area contributed by atoms with E-state index in [0.717, 1.165) is 6.07 Å². The van der Waals surface area contributed by atoms with Gasteiger partial charge in [0, 0.05) is 11.6 Å². The van der Waals surface area contributed by atoms with Crippen molar-refractivity contribution < 1.29 is 9.72 Å². The van der Waals surface area contributed by atoms with Crippen molar-refractivity contribution in [1.82, 2.24) is 0 Å². The Morgan fingerprint density at radius 1 is 1.60 bits per heavy atom. The van der Waals surface area contributed by atoms with Crippen molar-refractivity contribution in [2.75, 3.05) is 0 Å². The summed E-state index contributed by atoms with van der Waals surface area (Å²) in [6.07, 6.45) is -0.307. The molecule has 76 valence electrons. The standard InChI is InChI=1S/C9H5ClN2O3/c10-7-2-1-6(9(13)3-4-11)5-8(7)12(14)15/h1-2,5H,3H2. The van der Waals surface area contributed by atoms with Crippen LogP contribution in [0.5, 0.6) is 0 Å². The molecular weight excluding hydrogens is 220 g/mol. The van der Waals surface area contributed by atoms with Crippen LogP contribution in [-0.4, -0.2) is 10.7 Å². The first-order valence-electron chi connectivity index (χ1n) is 3.90. The van der Waals surface area contributed by atoms with Crippen molar-refractivity contribution in [2.45, 2.75) is 6.42 Å². The third-order valence-corrected chi connectivity index (χ3v) is 2.02. The summed E-state index contributed by atoms with van der Waals surface area (Å²) in [5.41, 5.74) is -0.215. The molecule has 0 spiro atoms. The molecule has 5 nitrogen and oxygen atoms in total. The van der Waals surface area contributed by atoms with E-state index in [0.29, 0.717) is 0 Å². The number of nitrogens with zero attached hydrogens (tertiary/aromatic N) is 2. The van der Waals surface area contributed by atoms with E-state index in [9.17, 15) is 14.9 Å². The van der Waals surface area contributed by atoms with Crippen LogP contribution in [0.2, 0.25) is 5.02 Å². The summed E-state index contributed by atoms with van der Waals surface area (Å²) in [5.74, 6) is -0.461. The van der Waals surface area contributed by atoms with E-state index in [2.05, 4.69) is 0 Å². The Morgan fingerprint density at radius 2 is 2.27 bits per heavy atom. The number of ketones is 1. The van der Waals surface area contributed by atoms with E-state index in [4.69, 9.17) is 16.9 Å². The van der Waals surface area contributed by atoms with Gasteiger partial charge >= 0.3 is 0 Å². The molecule has 0 bridgehead atoms. The maximum atomic E-state index is 11.2. The highest BCUT2D eigenvalue weighted by molar-refractivity contribution is 6.32. The van der Waals surface area contributed by atoms with E-state index < -0.39 is 10.7 Å². The molecule has 1 aromatic rings. The van der Waals surface area contributed by atoms with E-state index in [1.807, 2.05) is 0 Å². The van der Waals surface area contributed by atoms with Crippen LogP contribution in [0.25, 0.3) is 0 Å². The van der Waals surface area contributed by atoms with Crippen LogP contribution in [0.1, 0.15) is 16.8 Å². The molecule has 0 aliphatic carbocycles. The first-order chi connectivity index (χ1) is 7.06. The number of rotatable bonds is 3. The number of hydrogen-bond acceptors (Lipinski definition) is 4. The number of nitriles is 1. The summed E-state index contributed by atoms with van der Waals surface area (Å²) in [6, 6.07) is 5.37. The molecule has 0 amide bonds. The monoisotopic (exact) mass is 224 g/mol. The molecule has 0 heterocycles. The number of carbonyl (C=O) groups excluding carboxylic acids is 1. The van der Waals surface area contributed by atoms with Gasteiger partial charge < -0.3 is 0 Å². The molecule has 0 aliphatic heterocycles. The molecule has 0 unspecified atom stereocenters. The van der Waals surface area contributed by atoms with E-state index in [1.54, 1.807) is 6.07 Å². The number of Topliss-reactive ketones (excluding diaryl/α,β-unsaturated/α-hetero) is 1. The fourth-order valence-corrected chi connectivity index (χ4v) is 1.19. The highest BCUT2D eigenvalue weighted by Crippen LogP contribution is 2.25. The molecule has 0 atom stereocenters. The minimum Gasteiger partial charge on any atom is -0.293 e. The Balaban J connectivity index is 3.14. The number of hydrogen-bond donors (Lipinski definition) is 0. The van der Waals surface area contributed by atoms with Gasteiger partial charge in [-0.25, -0.2) is 0 Å². The van der Waals surface area contributed by atoms with Gasteiger partial charge in [-0.15, -0.1) is 0 Å². The number of benzene rings is 1. The highest BCUT2D eigenvalue weighted by atomic mass is 35.5. The maximum absolute atomic E-state index is 11.2. The second-order valence-electron chi connectivity index (χ2n) is 2.68. The van der Waals surface area contributed by atoms with Gasteiger partial charge in [-0.2, -0.15) is 5.26 Å². The van der Waals surface area contributed by atoms with E-state index in [-0.39, 0.29) is 22.7 Å². The van der Waals surface area contributed by atoms with Gasteiger partial charge in [-0.3, -0.25) is 14.9 Å². The molecule has 15 heavy (non-hydrogen) atoms. The molecule has 0 radical (unpaired) electrons. The van der Waals surface area contributed by atoms with Crippen molar-refractivity contribution in [3.8, 4) is 6.07 Å². The average Bonchev–Trinajstić information content (AvgIpc) is 2.18. The van der Waals surface area contributed by atoms with Crippen LogP contribution in [0, 0.1) is 21.4 Å². The van der Waals surface area contributed by atoms with Crippen LogP contribution < -0.4 is 0 Å². The predicted octanol–water partition coefficient (Wildman–Crippen LogP) is 2.34. The Hall–Kier alpha value is -1.93. The van der Waals surface area contributed by atoms with Gasteiger partial charge in [-0.1, -0.05) is 11.6 Å². The lowest BCUT2D eigenvalue weighted by atomic mass is 10.1. The van der Waals surface area contributed by atoms with Gasteiger partial charge in [-0.05, 0) is 12.1 Å². The number of nitro groups is 1. The van der Waals surface area contributed by atoms with Gasteiger partial charge in [0.25, 0.3) is 5.69 Å². The van der Waals surface area contributed by atoms with Crippen molar-refractivity contribution >= 4 is 23.1 Å². The molecule has 0 aromatic heterocycles. The Morgan fingerprint density at radius 3 is 2.80 bits per heavy atom. The smallest absolute Gasteiger partial charge is 0.288 e. The summed E-state index contributed by atoms with van der Waals surface area (Å²) < 4.78 is 0. The minimum atomic E-state index is -0.675. The normalized spacial score (nSPS) is 9.33. The number of nitro benzene ring substituents is 1. The summed E-state index contributed by atoms with van der Waals surface area (Å²) in [5, 5.41) is 18.8. The van der Waals surface area contributed by atoms with Crippen molar-refractivity contribution in [3.05, 3.63) is 38.9 Å². The van der Waals surface area contributed by atoms with Crippen LogP contribution in [-0.2, 0) is 0 Å². The third kappa shape index (κ3) is 2.51. The summed E-state index contributed by atoms with van der Waals surface area (Å²) >= 11 is 5.55. The average molecular weight is 225 g/mol. The second-order valence-corrected chi connectivity index (χ2v) is 3.09. The minimum absolute atomic E-state index is 0.0338. The predicted molar refractivity (Wildman–Crippen MR) is 52.7 cm³/mol. The second kappa shape index (κ2) is 4.53. The van der Waals surface area contributed by atoms with Gasteiger partial charge in [0.05, 0.1) is 17.4 Å². The zero-order chi connectivity index (χ0) is 11.4. The molecular formula is C9H5ClN2O3. The van der Waals surface area contributed by atoms with Gasteiger partial charge in [0.15, 0.2) is 5.78 Å². The molecule has 0 aliphatic rings. The van der Waals surface area contributed by atoms with Gasteiger partial charge in [0.2, 0.25) is 0 Å². The lowest BCUT2D eigenvalue weighted by molar-refractivity contribution is -0.384. The van der Waals surface area contributed by atoms with Crippen LogP contribution in [0.4, 0.5) is 5.69 Å². The molecule has 1 rings (SSSR count). The highest BCUT2D eigenvalue weighted by Gasteiger charge is 2.15. The summed E-state index contributed by atoms with van der Waals surface area (Å²) in [7, 11) is 0. The molecule has 6 heteroatoms. The maximum Gasteiger partial charge on any atom is 0.288 e. The number of halogens is 1. The summed E-state index contributed by atoms with van der Waals surface area (Å²) in [4.78, 5) is 21.1. The Bertz CT molecular complexity index is 465. The van der Waals surface area contributed by atoms with Crippen LogP contribution in [0.3, 0.4) is 0 Å². The lowest BCUT2D eigenvalue weighted by Gasteiger charge is -1.98. The molecule has 0 saturated carbocycles. The van der Waals surface area contributed by atoms with Crippen molar-refractivity contribution in [2.24, 2.45) is 0 Å². The van der Waals surface area contributed by atoms with E-state index >= 15 is 0 Å². The number of carbonyl (C=O) groups is 1. The van der Waals surface area contributed by atoms with E-state index in [1.165, 1.54) is 12.1 Å². The van der Waals surface area contributed by atoms with Crippen LogP contribution in [0.15, 0.2) is 18.2 Å². The lowest BCUT2D eigenvalue weighted by Crippen LogP contribution is -1.99. The first-order valence-corrected chi connectivity index (χ1v) is 4.28. The largest absolute Gasteiger partial charge is 0.293 e. The summed E-state index contributed by atoms with van der Waals surface area (Å²) in [6.45, 7) is 0. The Labute approximate surface area is 90.0 Å². The fraction of sp³-hybridized carbons (Fsp3) is 0.111. The Kier molecular flexibility index (Phi) is 3.37. The van der Waals surface area contributed by atoms with Crippen molar-refractivity contribution in [3.63, 3.8) is 0 Å². The fourth-order valence-electron chi connectivity index (χ4n) is 1.000.